The van der Waals surface area contributed by atoms with Crippen molar-refractivity contribution < 1.29 is 14.6 Å². The van der Waals surface area contributed by atoms with Crippen molar-refractivity contribution in [1.29, 1.82) is 0 Å². The average molecular weight is 322 g/mol. The quantitative estimate of drug-likeness (QED) is 0.517. The van der Waals surface area contributed by atoms with Crippen LogP contribution in [0.4, 0.5) is 0 Å². The Labute approximate surface area is 139 Å². The molecule has 0 aliphatic carbocycles. The molecule has 0 atom stereocenters. The van der Waals surface area contributed by atoms with Crippen molar-refractivity contribution >= 4 is 5.91 Å². The fourth-order valence-corrected chi connectivity index (χ4v) is 2.34. The lowest BCUT2D eigenvalue weighted by Gasteiger charge is -2.09. The van der Waals surface area contributed by atoms with Gasteiger partial charge in [-0.3, -0.25) is 4.79 Å². The van der Waals surface area contributed by atoms with E-state index in [1.165, 1.54) is 25.7 Å². The van der Waals surface area contributed by atoms with Crippen molar-refractivity contribution in [2.75, 3.05) is 19.7 Å². The van der Waals surface area contributed by atoms with Crippen LogP contribution in [0.2, 0.25) is 0 Å². The van der Waals surface area contributed by atoms with Gasteiger partial charge in [-0.2, -0.15) is 0 Å². The zero-order valence-electron chi connectivity index (χ0n) is 14.1. The molecule has 1 aromatic carbocycles. The normalized spacial score (nSPS) is 10.5. The van der Waals surface area contributed by atoms with Crippen molar-refractivity contribution in [3.05, 3.63) is 23.8 Å². The predicted molar refractivity (Wildman–Crippen MR) is 92.7 cm³/mol. The lowest BCUT2D eigenvalue weighted by atomic mass is 10.1. The van der Waals surface area contributed by atoms with Crippen LogP contribution in [0.25, 0.3) is 0 Å². The fraction of sp³-hybridized carbons (Fsp3) is 0.611. The molecule has 0 unspecified atom stereocenters. The molecule has 1 rings (SSSR count). The van der Waals surface area contributed by atoms with Gasteiger partial charge in [0.2, 0.25) is 5.91 Å². The van der Waals surface area contributed by atoms with Crippen molar-refractivity contribution in [3.8, 4) is 11.5 Å². The molecule has 130 valence electrons. The van der Waals surface area contributed by atoms with Crippen LogP contribution in [0.3, 0.4) is 0 Å². The Balaban J connectivity index is 2.24. The van der Waals surface area contributed by atoms with Crippen LogP contribution < -0.4 is 15.8 Å². The third-order valence-corrected chi connectivity index (χ3v) is 3.62. The van der Waals surface area contributed by atoms with Crippen molar-refractivity contribution in [1.82, 2.24) is 5.32 Å². The summed E-state index contributed by atoms with van der Waals surface area (Å²) < 4.78 is 5.29. The standard InChI is InChI=1S/C18H30N2O3/c1-2-3-4-5-6-7-11-20-18(22)14-15-8-9-17(16(21)13-15)23-12-10-19/h8-9,13,21H,2-7,10-12,14,19H2,1H3,(H,20,22). The minimum absolute atomic E-state index is 0.0198. The van der Waals surface area contributed by atoms with E-state index in [-0.39, 0.29) is 18.1 Å². The molecule has 0 radical (unpaired) electrons. The van der Waals surface area contributed by atoms with Gasteiger partial charge in [-0.1, -0.05) is 45.1 Å². The topological polar surface area (TPSA) is 84.6 Å². The fourth-order valence-electron chi connectivity index (χ4n) is 2.34. The SMILES string of the molecule is CCCCCCCCNC(=O)Cc1ccc(OCCN)c(O)c1. The summed E-state index contributed by atoms with van der Waals surface area (Å²) in [5, 5.41) is 12.8. The summed E-state index contributed by atoms with van der Waals surface area (Å²) in [5.74, 6) is 0.417. The Kier molecular flexibility index (Phi) is 9.87. The minimum Gasteiger partial charge on any atom is -0.504 e. The number of hydrogen-bond acceptors (Lipinski definition) is 4. The van der Waals surface area contributed by atoms with Crippen molar-refractivity contribution in [2.45, 2.75) is 51.9 Å². The van der Waals surface area contributed by atoms with Crippen LogP contribution in [-0.4, -0.2) is 30.7 Å². The Morgan fingerprint density at radius 1 is 1.22 bits per heavy atom. The van der Waals surface area contributed by atoms with Gasteiger partial charge in [-0.05, 0) is 24.1 Å². The molecule has 0 spiro atoms. The molecule has 4 N–H and O–H groups in total. The van der Waals surface area contributed by atoms with Crippen LogP contribution in [0.15, 0.2) is 18.2 Å². The van der Waals surface area contributed by atoms with Crippen LogP contribution >= 0.6 is 0 Å². The first-order valence-corrected chi connectivity index (χ1v) is 8.58. The van der Waals surface area contributed by atoms with Gasteiger partial charge in [0.15, 0.2) is 11.5 Å². The molecule has 0 aromatic heterocycles. The molecule has 0 aliphatic rings. The molecule has 0 aliphatic heterocycles. The Morgan fingerprint density at radius 2 is 1.96 bits per heavy atom. The van der Waals surface area contributed by atoms with E-state index in [4.69, 9.17) is 10.5 Å². The number of amides is 1. The number of ether oxygens (including phenoxy) is 1. The first-order valence-electron chi connectivity index (χ1n) is 8.58. The Morgan fingerprint density at radius 3 is 2.65 bits per heavy atom. The zero-order valence-corrected chi connectivity index (χ0v) is 14.1. The third kappa shape index (κ3) is 8.45. The molecule has 0 heterocycles. The van der Waals surface area contributed by atoms with E-state index < -0.39 is 0 Å². The van der Waals surface area contributed by atoms with Gasteiger partial charge >= 0.3 is 0 Å². The molecule has 23 heavy (non-hydrogen) atoms. The number of benzene rings is 1. The highest BCUT2D eigenvalue weighted by atomic mass is 16.5. The number of phenolic OH excluding ortho intramolecular Hbond substituents is 1. The van der Waals surface area contributed by atoms with Gasteiger partial charge in [0.1, 0.15) is 6.61 Å². The average Bonchev–Trinajstić information content (AvgIpc) is 2.53. The summed E-state index contributed by atoms with van der Waals surface area (Å²) in [5.41, 5.74) is 6.12. The maximum absolute atomic E-state index is 11.9. The number of aromatic hydroxyl groups is 1. The van der Waals surface area contributed by atoms with Gasteiger partial charge in [0.25, 0.3) is 0 Å². The van der Waals surface area contributed by atoms with Crippen molar-refractivity contribution in [3.63, 3.8) is 0 Å². The largest absolute Gasteiger partial charge is 0.504 e. The van der Waals surface area contributed by atoms with E-state index in [1.54, 1.807) is 18.2 Å². The van der Waals surface area contributed by atoms with E-state index in [9.17, 15) is 9.90 Å². The smallest absolute Gasteiger partial charge is 0.224 e. The van der Waals surface area contributed by atoms with Gasteiger partial charge in [0, 0.05) is 13.1 Å². The molecule has 1 aromatic rings. The molecular weight excluding hydrogens is 292 g/mol. The van der Waals surface area contributed by atoms with Crippen LogP contribution in [0, 0.1) is 0 Å². The second-order valence-corrected chi connectivity index (χ2v) is 5.73. The highest BCUT2D eigenvalue weighted by molar-refractivity contribution is 5.78. The summed E-state index contributed by atoms with van der Waals surface area (Å²) >= 11 is 0. The first-order chi connectivity index (χ1) is 11.2. The summed E-state index contributed by atoms with van der Waals surface area (Å²) in [6, 6.07) is 5.02. The lowest BCUT2D eigenvalue weighted by Crippen LogP contribution is -2.26. The second kappa shape index (κ2) is 11.8. The molecule has 0 saturated heterocycles. The molecule has 5 heteroatoms. The molecule has 0 fully saturated rings. The third-order valence-electron chi connectivity index (χ3n) is 3.62. The summed E-state index contributed by atoms with van der Waals surface area (Å²) in [6.45, 7) is 3.66. The number of phenols is 1. The molecular formula is C18H30N2O3. The number of carbonyl (C=O) groups excluding carboxylic acids is 1. The molecule has 1 amide bonds. The predicted octanol–water partition coefficient (Wildman–Crippen LogP) is 2.75. The molecule has 5 nitrogen and oxygen atoms in total. The zero-order chi connectivity index (χ0) is 16.9. The summed E-state index contributed by atoms with van der Waals surface area (Å²) in [7, 11) is 0. The van der Waals surface area contributed by atoms with Crippen LogP contribution in [0.1, 0.15) is 51.0 Å². The number of carbonyl (C=O) groups is 1. The molecule has 0 bridgehead atoms. The number of nitrogens with one attached hydrogen (secondary N) is 1. The Bertz CT molecular complexity index is 464. The van der Waals surface area contributed by atoms with E-state index in [0.717, 1.165) is 18.4 Å². The summed E-state index contributed by atoms with van der Waals surface area (Å²) in [4.78, 5) is 11.9. The number of unbranched alkanes of at least 4 members (excludes halogenated alkanes) is 5. The number of hydrogen-bond donors (Lipinski definition) is 3. The second-order valence-electron chi connectivity index (χ2n) is 5.73. The van der Waals surface area contributed by atoms with E-state index >= 15 is 0 Å². The van der Waals surface area contributed by atoms with E-state index in [2.05, 4.69) is 12.2 Å². The summed E-state index contributed by atoms with van der Waals surface area (Å²) in [6.07, 6.45) is 7.51. The van der Waals surface area contributed by atoms with E-state index in [1.807, 2.05) is 0 Å². The Hall–Kier alpha value is -1.75. The monoisotopic (exact) mass is 322 g/mol. The highest BCUT2D eigenvalue weighted by Crippen LogP contribution is 2.26. The van der Waals surface area contributed by atoms with Crippen LogP contribution in [-0.2, 0) is 11.2 Å². The van der Waals surface area contributed by atoms with Crippen molar-refractivity contribution in [2.24, 2.45) is 5.73 Å². The molecule has 0 saturated carbocycles. The first kappa shape index (κ1) is 19.3. The number of rotatable bonds is 12. The van der Waals surface area contributed by atoms with Gasteiger partial charge < -0.3 is 20.9 Å². The number of nitrogens with two attached hydrogens (primary N) is 1. The van der Waals surface area contributed by atoms with Gasteiger partial charge in [0.05, 0.1) is 6.42 Å². The van der Waals surface area contributed by atoms with Gasteiger partial charge in [-0.25, -0.2) is 0 Å². The van der Waals surface area contributed by atoms with E-state index in [0.29, 0.717) is 25.4 Å². The van der Waals surface area contributed by atoms with Crippen LogP contribution in [0.5, 0.6) is 11.5 Å². The highest BCUT2D eigenvalue weighted by Gasteiger charge is 2.07. The lowest BCUT2D eigenvalue weighted by molar-refractivity contribution is -0.120. The minimum atomic E-state index is -0.0198. The maximum atomic E-state index is 11.9. The maximum Gasteiger partial charge on any atom is 0.224 e. The van der Waals surface area contributed by atoms with Gasteiger partial charge in [-0.15, -0.1) is 0 Å².